The van der Waals surface area contributed by atoms with Crippen LogP contribution in [0, 0.1) is 17.8 Å². The van der Waals surface area contributed by atoms with Gasteiger partial charge in [-0.15, -0.1) is 0 Å². The molecule has 2 N–H and O–H groups in total. The summed E-state index contributed by atoms with van der Waals surface area (Å²) in [5.74, 6) is -1.42. The van der Waals surface area contributed by atoms with Gasteiger partial charge in [0.25, 0.3) is 0 Å². The van der Waals surface area contributed by atoms with Gasteiger partial charge in [-0.05, 0) is 41.0 Å². The molecule has 33 heavy (non-hydrogen) atoms. The normalized spacial score (nSPS) is 19.1. The number of nitrogens with zero attached hydrogens (tertiary/aromatic N) is 1. The van der Waals surface area contributed by atoms with Crippen LogP contribution >= 0.6 is 0 Å². The van der Waals surface area contributed by atoms with E-state index in [4.69, 9.17) is 9.84 Å². The Morgan fingerprint density at radius 2 is 1.58 bits per heavy atom. The van der Waals surface area contributed by atoms with Crippen molar-refractivity contribution in [3.05, 3.63) is 59.7 Å². The predicted octanol–water partition coefficient (Wildman–Crippen LogP) is 3.48. The van der Waals surface area contributed by atoms with E-state index in [2.05, 4.69) is 29.6 Å². The van der Waals surface area contributed by atoms with Gasteiger partial charge in [-0.1, -0.05) is 55.5 Å². The van der Waals surface area contributed by atoms with Gasteiger partial charge in [-0.25, -0.2) is 4.79 Å². The third kappa shape index (κ3) is 4.08. The number of nitrogens with one attached hydrogen (secondary N) is 1. The molecule has 2 atom stereocenters. The van der Waals surface area contributed by atoms with E-state index >= 15 is 0 Å². The molecule has 2 fully saturated rings. The lowest BCUT2D eigenvalue weighted by atomic mass is 9.86. The van der Waals surface area contributed by atoms with Crippen molar-refractivity contribution >= 4 is 18.0 Å². The Kier molecular flexibility index (Phi) is 5.56. The Bertz CT molecular complexity index is 1040. The van der Waals surface area contributed by atoms with Crippen molar-refractivity contribution < 1.29 is 24.2 Å². The summed E-state index contributed by atoms with van der Waals surface area (Å²) in [5.41, 5.74) is 4.60. The molecule has 5 rings (SSSR count). The number of hydrogen-bond donors (Lipinski definition) is 2. The summed E-state index contributed by atoms with van der Waals surface area (Å²) < 4.78 is 5.62. The minimum Gasteiger partial charge on any atom is -0.481 e. The van der Waals surface area contributed by atoms with Gasteiger partial charge >= 0.3 is 12.1 Å². The van der Waals surface area contributed by atoms with E-state index < -0.39 is 24.0 Å². The number of carboxylic acids is 1. The van der Waals surface area contributed by atoms with Crippen LogP contribution in [0.25, 0.3) is 11.1 Å². The number of likely N-dealkylation sites (tertiary alicyclic amines) is 1. The van der Waals surface area contributed by atoms with Crippen molar-refractivity contribution in [2.45, 2.75) is 31.7 Å². The van der Waals surface area contributed by atoms with Gasteiger partial charge in [0, 0.05) is 24.9 Å². The van der Waals surface area contributed by atoms with Crippen LogP contribution in [0.3, 0.4) is 0 Å². The van der Waals surface area contributed by atoms with Crippen molar-refractivity contribution in [2.24, 2.45) is 17.8 Å². The van der Waals surface area contributed by atoms with Gasteiger partial charge in [0.2, 0.25) is 5.91 Å². The van der Waals surface area contributed by atoms with E-state index in [0.29, 0.717) is 13.1 Å². The molecule has 3 aliphatic rings. The number of fused-ring (bicyclic) bond motifs is 3. The standard InChI is InChI=1S/C26H28N2O5/c1-15(25(30)31)17-12-28(13-17)24(29)23(16-10-11-16)27-26(32)33-14-22-20-8-4-2-6-18(20)19-7-3-5-9-21(19)22/h2-9,15-17,22-23H,10-14H2,1H3,(H,27,32)(H,30,31). The number of carbonyl (C=O) groups excluding carboxylic acids is 2. The number of rotatable bonds is 7. The van der Waals surface area contributed by atoms with Crippen molar-refractivity contribution in [1.82, 2.24) is 10.2 Å². The minimum atomic E-state index is -0.845. The van der Waals surface area contributed by atoms with Crippen LogP contribution in [0.5, 0.6) is 0 Å². The van der Waals surface area contributed by atoms with Crippen LogP contribution in [0.4, 0.5) is 4.79 Å². The van der Waals surface area contributed by atoms with Gasteiger partial charge in [0.05, 0.1) is 5.92 Å². The molecule has 2 amide bonds. The second-order valence-corrected chi connectivity index (χ2v) is 9.42. The van der Waals surface area contributed by atoms with Crippen LogP contribution in [0.2, 0.25) is 0 Å². The topological polar surface area (TPSA) is 95.9 Å². The highest BCUT2D eigenvalue weighted by Gasteiger charge is 2.44. The third-order valence-corrected chi connectivity index (χ3v) is 7.29. The number of carboxylic acid groups (broad SMARTS) is 1. The van der Waals surface area contributed by atoms with Gasteiger partial charge < -0.3 is 20.1 Å². The molecule has 0 bridgehead atoms. The molecule has 2 unspecified atom stereocenters. The molecule has 1 aliphatic heterocycles. The van der Waals surface area contributed by atoms with Gasteiger partial charge in [-0.3, -0.25) is 9.59 Å². The first-order valence-corrected chi connectivity index (χ1v) is 11.6. The molecule has 172 valence electrons. The first-order chi connectivity index (χ1) is 15.9. The average Bonchev–Trinajstić information content (AvgIpc) is 3.57. The van der Waals surface area contributed by atoms with E-state index in [1.54, 1.807) is 11.8 Å². The van der Waals surface area contributed by atoms with E-state index in [1.807, 2.05) is 24.3 Å². The van der Waals surface area contributed by atoms with Crippen molar-refractivity contribution in [3.63, 3.8) is 0 Å². The molecule has 1 heterocycles. The summed E-state index contributed by atoms with van der Waals surface area (Å²) >= 11 is 0. The molecular weight excluding hydrogens is 420 g/mol. The smallest absolute Gasteiger partial charge is 0.407 e. The lowest BCUT2D eigenvalue weighted by molar-refractivity contribution is -0.151. The summed E-state index contributed by atoms with van der Waals surface area (Å²) in [4.78, 5) is 38.5. The van der Waals surface area contributed by atoms with Crippen molar-refractivity contribution in [3.8, 4) is 11.1 Å². The number of hydrogen-bond acceptors (Lipinski definition) is 4. The highest BCUT2D eigenvalue weighted by atomic mass is 16.5. The Morgan fingerprint density at radius 3 is 2.12 bits per heavy atom. The summed E-state index contributed by atoms with van der Waals surface area (Å²) in [5, 5.41) is 12.0. The van der Waals surface area contributed by atoms with Crippen LogP contribution in [0.15, 0.2) is 48.5 Å². The van der Waals surface area contributed by atoms with Gasteiger partial charge in [0.1, 0.15) is 12.6 Å². The molecular formula is C26H28N2O5. The number of carbonyl (C=O) groups is 3. The molecule has 2 aliphatic carbocycles. The molecule has 2 aromatic rings. The summed E-state index contributed by atoms with van der Waals surface area (Å²) in [7, 11) is 0. The SMILES string of the molecule is CC(C(=O)O)C1CN(C(=O)C(NC(=O)OCC2c3ccccc3-c3ccccc32)C2CC2)C1. The zero-order valence-corrected chi connectivity index (χ0v) is 18.6. The predicted molar refractivity (Wildman–Crippen MR) is 122 cm³/mol. The van der Waals surface area contributed by atoms with E-state index in [0.717, 1.165) is 35.1 Å². The third-order valence-electron chi connectivity index (χ3n) is 7.29. The van der Waals surface area contributed by atoms with Crippen LogP contribution in [-0.2, 0) is 14.3 Å². The first kappa shape index (κ1) is 21.5. The summed E-state index contributed by atoms with van der Waals surface area (Å²) in [6.07, 6.45) is 1.20. The first-order valence-electron chi connectivity index (χ1n) is 11.6. The zero-order valence-electron chi connectivity index (χ0n) is 18.6. The molecule has 0 radical (unpaired) electrons. The molecule has 0 aromatic heterocycles. The molecule has 0 spiro atoms. The summed E-state index contributed by atoms with van der Waals surface area (Å²) in [6.45, 7) is 2.71. The number of benzene rings is 2. The second-order valence-electron chi connectivity index (χ2n) is 9.42. The Hall–Kier alpha value is -3.35. The monoisotopic (exact) mass is 448 g/mol. The fourth-order valence-corrected chi connectivity index (χ4v) is 4.99. The van der Waals surface area contributed by atoms with E-state index in [1.165, 1.54) is 0 Å². The molecule has 1 saturated carbocycles. The fourth-order valence-electron chi connectivity index (χ4n) is 4.99. The molecule has 1 saturated heterocycles. The minimum absolute atomic E-state index is 0.0353. The molecule has 7 heteroatoms. The van der Waals surface area contributed by atoms with Crippen LogP contribution in [0.1, 0.15) is 36.8 Å². The van der Waals surface area contributed by atoms with Crippen molar-refractivity contribution in [2.75, 3.05) is 19.7 Å². The lowest BCUT2D eigenvalue weighted by Gasteiger charge is -2.42. The largest absolute Gasteiger partial charge is 0.481 e. The highest BCUT2D eigenvalue weighted by Crippen LogP contribution is 2.44. The summed E-state index contributed by atoms with van der Waals surface area (Å²) in [6, 6.07) is 15.7. The van der Waals surface area contributed by atoms with Gasteiger partial charge in [0.15, 0.2) is 0 Å². The van der Waals surface area contributed by atoms with Crippen LogP contribution < -0.4 is 5.32 Å². The van der Waals surface area contributed by atoms with E-state index in [-0.39, 0.29) is 30.3 Å². The lowest BCUT2D eigenvalue weighted by Crippen LogP contribution is -2.59. The Labute approximate surface area is 192 Å². The molecule has 7 nitrogen and oxygen atoms in total. The maximum atomic E-state index is 13.0. The number of ether oxygens (including phenoxy) is 1. The fraction of sp³-hybridized carbons (Fsp3) is 0.423. The number of alkyl carbamates (subject to hydrolysis) is 1. The Morgan fingerprint density at radius 1 is 1.00 bits per heavy atom. The average molecular weight is 449 g/mol. The maximum absolute atomic E-state index is 13.0. The highest BCUT2D eigenvalue weighted by molar-refractivity contribution is 5.87. The quantitative estimate of drug-likeness (QED) is 0.676. The number of aliphatic carboxylic acids is 1. The maximum Gasteiger partial charge on any atom is 0.407 e. The second kappa shape index (κ2) is 8.54. The number of amides is 2. The van der Waals surface area contributed by atoms with Crippen LogP contribution in [-0.4, -0.2) is 53.7 Å². The zero-order chi connectivity index (χ0) is 23.1. The van der Waals surface area contributed by atoms with Crippen molar-refractivity contribution in [1.29, 1.82) is 0 Å². The molecule has 2 aromatic carbocycles. The van der Waals surface area contributed by atoms with E-state index in [9.17, 15) is 14.4 Å². The van der Waals surface area contributed by atoms with Gasteiger partial charge in [-0.2, -0.15) is 0 Å². The Balaban J connectivity index is 1.20.